The number of benzene rings is 3. The zero-order valence-electron chi connectivity index (χ0n) is 19.8. The molecule has 37 heavy (non-hydrogen) atoms. The molecule has 1 fully saturated rings. The van der Waals surface area contributed by atoms with Crippen molar-refractivity contribution in [1.29, 1.82) is 0 Å². The molecule has 1 aliphatic rings. The minimum Gasteiger partial charge on any atom is -0.483 e. The third-order valence-electron chi connectivity index (χ3n) is 5.32. The van der Waals surface area contributed by atoms with Gasteiger partial charge in [-0.15, -0.1) is 0 Å². The molecule has 10 heteroatoms. The predicted octanol–water partition coefficient (Wildman–Crippen LogP) is 4.89. The summed E-state index contributed by atoms with van der Waals surface area (Å²) in [6.45, 7) is 3.39. The average molecular weight is 566 g/mol. The Morgan fingerprint density at radius 2 is 1.70 bits per heavy atom. The number of nitrogens with zero attached hydrogens (tertiary/aromatic N) is 1. The van der Waals surface area contributed by atoms with Gasteiger partial charge in [0, 0.05) is 5.69 Å². The van der Waals surface area contributed by atoms with Crippen molar-refractivity contribution in [2.45, 2.75) is 13.8 Å². The second-order valence-electron chi connectivity index (χ2n) is 8.34. The number of barbiturate groups is 1. The maximum Gasteiger partial charge on any atom is 0.335 e. The molecule has 0 bridgehead atoms. The van der Waals surface area contributed by atoms with Gasteiger partial charge in [0.05, 0.1) is 10.2 Å². The van der Waals surface area contributed by atoms with Gasteiger partial charge in [-0.25, -0.2) is 14.1 Å². The van der Waals surface area contributed by atoms with Crippen LogP contribution >= 0.6 is 15.9 Å². The molecule has 0 spiro atoms. The number of hydrogen-bond acceptors (Lipinski definition) is 5. The number of carbonyl (C=O) groups excluding carboxylic acids is 4. The van der Waals surface area contributed by atoms with Crippen molar-refractivity contribution in [2.24, 2.45) is 0 Å². The summed E-state index contributed by atoms with van der Waals surface area (Å²) in [5.41, 5.74) is 2.80. The Hall–Kier alpha value is -4.31. The molecule has 3 aromatic carbocycles. The van der Waals surface area contributed by atoms with E-state index in [4.69, 9.17) is 4.74 Å². The Morgan fingerprint density at radius 3 is 2.35 bits per heavy atom. The molecular formula is C27H21BrFN3O5. The van der Waals surface area contributed by atoms with Gasteiger partial charge in [-0.05, 0) is 101 Å². The average Bonchev–Trinajstić information content (AvgIpc) is 2.82. The van der Waals surface area contributed by atoms with Crippen LogP contribution in [0.3, 0.4) is 0 Å². The van der Waals surface area contributed by atoms with Crippen molar-refractivity contribution in [3.05, 3.63) is 93.2 Å². The van der Waals surface area contributed by atoms with E-state index in [0.29, 0.717) is 27.2 Å². The number of nitrogens with one attached hydrogen (secondary N) is 2. The molecule has 1 saturated heterocycles. The van der Waals surface area contributed by atoms with E-state index >= 15 is 0 Å². The van der Waals surface area contributed by atoms with Crippen molar-refractivity contribution in [2.75, 3.05) is 16.8 Å². The monoisotopic (exact) mass is 565 g/mol. The second kappa shape index (κ2) is 10.8. The topological polar surface area (TPSA) is 105 Å². The molecular weight excluding hydrogens is 545 g/mol. The van der Waals surface area contributed by atoms with E-state index in [0.717, 1.165) is 16.0 Å². The smallest absolute Gasteiger partial charge is 0.335 e. The lowest BCUT2D eigenvalue weighted by molar-refractivity contribution is -0.122. The molecule has 0 radical (unpaired) electrons. The predicted molar refractivity (Wildman–Crippen MR) is 140 cm³/mol. The first kappa shape index (κ1) is 25.8. The van der Waals surface area contributed by atoms with Gasteiger partial charge in [-0.2, -0.15) is 0 Å². The van der Waals surface area contributed by atoms with Crippen molar-refractivity contribution in [3.8, 4) is 5.75 Å². The summed E-state index contributed by atoms with van der Waals surface area (Å²) in [6, 6.07) is 14.6. The molecule has 0 saturated carbocycles. The van der Waals surface area contributed by atoms with Crippen LogP contribution in [0, 0.1) is 19.7 Å². The SMILES string of the molecule is Cc1cc(C)cc(N2C(=O)NC(=O)/C(=C\c3ccc(OCC(=O)Nc4ccc(F)cc4)c(Br)c3)C2=O)c1. The minimum absolute atomic E-state index is 0.210. The molecule has 0 atom stereocenters. The summed E-state index contributed by atoms with van der Waals surface area (Å²) in [5, 5.41) is 4.80. The Bertz CT molecular complexity index is 1430. The Kier molecular flexibility index (Phi) is 7.49. The van der Waals surface area contributed by atoms with E-state index in [9.17, 15) is 23.6 Å². The number of ether oxygens (including phenoxy) is 1. The van der Waals surface area contributed by atoms with Crippen LogP contribution in [0.1, 0.15) is 16.7 Å². The highest BCUT2D eigenvalue weighted by atomic mass is 79.9. The van der Waals surface area contributed by atoms with Gasteiger partial charge < -0.3 is 10.1 Å². The van der Waals surface area contributed by atoms with Gasteiger partial charge >= 0.3 is 6.03 Å². The number of aryl methyl sites for hydroxylation is 2. The molecule has 0 aliphatic carbocycles. The summed E-state index contributed by atoms with van der Waals surface area (Å²) >= 11 is 3.36. The number of halogens is 2. The number of anilines is 2. The number of hydrogen-bond donors (Lipinski definition) is 2. The number of carbonyl (C=O) groups is 4. The molecule has 8 nitrogen and oxygen atoms in total. The van der Waals surface area contributed by atoms with E-state index in [1.165, 1.54) is 30.3 Å². The zero-order valence-corrected chi connectivity index (χ0v) is 21.4. The largest absolute Gasteiger partial charge is 0.483 e. The van der Waals surface area contributed by atoms with Gasteiger partial charge in [0.2, 0.25) is 0 Å². The molecule has 2 N–H and O–H groups in total. The Labute approximate surface area is 220 Å². The number of rotatable bonds is 6. The lowest BCUT2D eigenvalue weighted by Crippen LogP contribution is -2.54. The van der Waals surface area contributed by atoms with Crippen molar-refractivity contribution < 1.29 is 28.3 Å². The molecule has 4 rings (SSSR count). The van der Waals surface area contributed by atoms with Crippen molar-refractivity contribution in [1.82, 2.24) is 5.32 Å². The molecule has 1 aliphatic heterocycles. The fraction of sp³-hybridized carbons (Fsp3) is 0.111. The first-order chi connectivity index (χ1) is 17.6. The molecule has 188 valence electrons. The van der Waals surface area contributed by atoms with Crippen LogP contribution in [0.2, 0.25) is 0 Å². The van der Waals surface area contributed by atoms with Crippen molar-refractivity contribution in [3.63, 3.8) is 0 Å². The highest BCUT2D eigenvalue weighted by molar-refractivity contribution is 9.10. The standard InChI is InChI=1S/C27H21BrFN3O5/c1-15-9-16(2)11-20(10-15)32-26(35)21(25(34)31-27(32)36)12-17-3-8-23(22(28)13-17)37-14-24(33)30-19-6-4-18(29)5-7-19/h3-13H,14H2,1-2H3,(H,30,33)(H,31,34,36)/b21-12+. The number of urea groups is 1. The van der Waals surface area contributed by atoms with Crippen LogP contribution < -0.4 is 20.3 Å². The summed E-state index contributed by atoms with van der Waals surface area (Å²) in [4.78, 5) is 51.2. The quantitative estimate of drug-likeness (QED) is 0.327. The first-order valence-corrected chi connectivity index (χ1v) is 11.9. The zero-order chi connectivity index (χ0) is 26.7. The second-order valence-corrected chi connectivity index (χ2v) is 9.19. The van der Waals surface area contributed by atoms with Crippen LogP contribution in [0.25, 0.3) is 6.08 Å². The van der Waals surface area contributed by atoms with Gasteiger partial charge in [0.25, 0.3) is 17.7 Å². The highest BCUT2D eigenvalue weighted by Crippen LogP contribution is 2.29. The van der Waals surface area contributed by atoms with Gasteiger partial charge in [0.15, 0.2) is 6.61 Å². The summed E-state index contributed by atoms with van der Waals surface area (Å²) < 4.78 is 19.0. The van der Waals surface area contributed by atoms with E-state index in [1.54, 1.807) is 30.3 Å². The van der Waals surface area contributed by atoms with Gasteiger partial charge in [-0.3, -0.25) is 19.7 Å². The van der Waals surface area contributed by atoms with Crippen LogP contribution in [-0.4, -0.2) is 30.4 Å². The van der Waals surface area contributed by atoms with Crippen LogP contribution in [0.4, 0.5) is 20.6 Å². The fourth-order valence-electron chi connectivity index (χ4n) is 3.74. The maximum atomic E-state index is 13.1. The van der Waals surface area contributed by atoms with Crippen molar-refractivity contribution >= 4 is 57.1 Å². The molecule has 5 amide bonds. The molecule has 3 aromatic rings. The highest BCUT2D eigenvalue weighted by Gasteiger charge is 2.37. The third kappa shape index (κ3) is 6.10. The van der Waals surface area contributed by atoms with E-state index in [1.807, 2.05) is 19.9 Å². The van der Waals surface area contributed by atoms with E-state index < -0.39 is 29.6 Å². The van der Waals surface area contributed by atoms with E-state index in [-0.39, 0.29) is 12.2 Å². The van der Waals surface area contributed by atoms with Crippen LogP contribution in [0.5, 0.6) is 5.75 Å². The Morgan fingerprint density at radius 1 is 1.03 bits per heavy atom. The molecule has 0 unspecified atom stereocenters. The third-order valence-corrected chi connectivity index (χ3v) is 5.94. The van der Waals surface area contributed by atoms with Crippen LogP contribution in [-0.2, 0) is 14.4 Å². The fourth-order valence-corrected chi connectivity index (χ4v) is 4.25. The van der Waals surface area contributed by atoms with Gasteiger partial charge in [-0.1, -0.05) is 12.1 Å². The first-order valence-electron chi connectivity index (χ1n) is 11.1. The summed E-state index contributed by atoms with van der Waals surface area (Å²) in [7, 11) is 0. The lowest BCUT2D eigenvalue weighted by atomic mass is 10.1. The lowest BCUT2D eigenvalue weighted by Gasteiger charge is -2.27. The van der Waals surface area contributed by atoms with Gasteiger partial charge in [0.1, 0.15) is 17.1 Å². The number of amides is 5. The number of imide groups is 2. The summed E-state index contributed by atoms with van der Waals surface area (Å²) in [5.74, 6) is -2.05. The van der Waals surface area contributed by atoms with E-state index in [2.05, 4.69) is 26.6 Å². The summed E-state index contributed by atoms with van der Waals surface area (Å²) in [6.07, 6.45) is 1.37. The maximum absolute atomic E-state index is 13.1. The molecule has 1 heterocycles. The van der Waals surface area contributed by atoms with Crippen LogP contribution in [0.15, 0.2) is 70.7 Å². The minimum atomic E-state index is -0.819. The Balaban J connectivity index is 1.49. The molecule has 0 aromatic heterocycles. The normalized spacial score (nSPS) is 14.5.